The van der Waals surface area contributed by atoms with E-state index < -0.39 is 0 Å². The smallest absolute Gasteiger partial charge is 0.320 e. The van der Waals surface area contributed by atoms with E-state index in [4.69, 9.17) is 0 Å². The van der Waals surface area contributed by atoms with Crippen LogP contribution in [0, 0.1) is 5.82 Å². The fourth-order valence-electron chi connectivity index (χ4n) is 2.80. The minimum absolute atomic E-state index is 0.163. The van der Waals surface area contributed by atoms with E-state index >= 15 is 0 Å². The normalized spacial score (nSPS) is 15.9. The summed E-state index contributed by atoms with van der Waals surface area (Å²) in [5.74, 6) is 0.278. The summed E-state index contributed by atoms with van der Waals surface area (Å²) in [6, 6.07) is 6.32. The lowest BCUT2D eigenvalue weighted by Crippen LogP contribution is -2.46. The second-order valence-electron chi connectivity index (χ2n) is 5.69. The molecule has 0 spiro atoms. The number of aryl methyl sites for hydroxylation is 1. The van der Waals surface area contributed by atoms with E-state index in [2.05, 4.69) is 20.9 Å². The van der Waals surface area contributed by atoms with E-state index in [1.165, 1.54) is 16.9 Å². The zero-order valence-electron chi connectivity index (χ0n) is 12.3. The number of hydrogen-bond donors (Lipinski definition) is 2. The van der Waals surface area contributed by atoms with Crippen molar-refractivity contribution in [3.8, 4) is 0 Å². The van der Waals surface area contributed by atoms with Gasteiger partial charge in [0.2, 0.25) is 0 Å². The summed E-state index contributed by atoms with van der Waals surface area (Å²) in [6.07, 6.45) is 4.46. The quantitative estimate of drug-likeness (QED) is 0.909. The van der Waals surface area contributed by atoms with Gasteiger partial charge >= 0.3 is 6.03 Å². The van der Waals surface area contributed by atoms with Crippen molar-refractivity contribution in [3.63, 3.8) is 0 Å². The van der Waals surface area contributed by atoms with Crippen LogP contribution in [0.15, 0.2) is 30.5 Å². The molecular weight excluding hydrogens is 285 g/mol. The molecule has 116 valence electrons. The van der Waals surface area contributed by atoms with Gasteiger partial charge in [-0.3, -0.25) is 5.32 Å². The average Bonchev–Trinajstić information content (AvgIpc) is 2.83. The van der Waals surface area contributed by atoms with Crippen LogP contribution >= 0.6 is 0 Å². The Morgan fingerprint density at radius 3 is 2.86 bits per heavy atom. The number of carbonyl (C=O) groups excluding carboxylic acids is 1. The molecule has 2 aromatic rings. The molecule has 22 heavy (non-hydrogen) atoms. The number of rotatable bonds is 4. The molecule has 6 nitrogen and oxygen atoms in total. The van der Waals surface area contributed by atoms with E-state index in [9.17, 15) is 9.18 Å². The van der Waals surface area contributed by atoms with Gasteiger partial charge in [-0.15, -0.1) is 5.10 Å². The standard InChI is InChI=1S/C15H18FN5O/c1-21-13(9-18-20-21)19-14(22)17-10-15(6-3-7-15)11-4-2-5-12(16)8-11/h2,4-5,8-9H,3,6-7,10H2,1H3,(H2,17,19,22). The summed E-state index contributed by atoms with van der Waals surface area (Å²) >= 11 is 0. The third-order valence-corrected chi connectivity index (χ3v) is 4.29. The molecule has 1 aromatic carbocycles. The number of nitrogens with one attached hydrogen (secondary N) is 2. The number of hydrogen-bond acceptors (Lipinski definition) is 3. The largest absolute Gasteiger partial charge is 0.337 e. The molecule has 2 amide bonds. The SMILES string of the molecule is Cn1nncc1NC(=O)NCC1(c2cccc(F)c2)CCC1. The van der Waals surface area contributed by atoms with Crippen molar-refractivity contribution in [2.45, 2.75) is 24.7 Å². The number of halogens is 1. The van der Waals surface area contributed by atoms with E-state index in [-0.39, 0.29) is 17.3 Å². The van der Waals surface area contributed by atoms with Crippen molar-refractivity contribution in [3.05, 3.63) is 41.8 Å². The van der Waals surface area contributed by atoms with Crippen LogP contribution in [-0.4, -0.2) is 27.6 Å². The Labute approximate surface area is 127 Å². The molecular formula is C15H18FN5O. The average molecular weight is 303 g/mol. The molecule has 1 aliphatic carbocycles. The van der Waals surface area contributed by atoms with Crippen molar-refractivity contribution in [1.82, 2.24) is 20.3 Å². The number of aromatic nitrogens is 3. The lowest BCUT2D eigenvalue weighted by molar-refractivity contribution is 0.221. The van der Waals surface area contributed by atoms with Gasteiger partial charge in [0.25, 0.3) is 0 Å². The van der Waals surface area contributed by atoms with Crippen molar-refractivity contribution in [2.24, 2.45) is 7.05 Å². The number of nitrogens with zero attached hydrogens (tertiary/aromatic N) is 3. The highest BCUT2D eigenvalue weighted by molar-refractivity contribution is 5.88. The number of anilines is 1. The summed E-state index contributed by atoms with van der Waals surface area (Å²) in [6.45, 7) is 0.480. The van der Waals surface area contributed by atoms with E-state index in [0.717, 1.165) is 24.8 Å². The lowest BCUT2D eigenvalue weighted by Gasteiger charge is -2.42. The molecule has 0 aliphatic heterocycles. The van der Waals surface area contributed by atoms with Crippen LogP contribution in [0.5, 0.6) is 0 Å². The van der Waals surface area contributed by atoms with Gasteiger partial charge in [-0.2, -0.15) is 0 Å². The zero-order valence-corrected chi connectivity index (χ0v) is 12.3. The van der Waals surface area contributed by atoms with Crippen LogP contribution < -0.4 is 10.6 Å². The third-order valence-electron chi connectivity index (χ3n) is 4.29. The highest BCUT2D eigenvalue weighted by Crippen LogP contribution is 2.43. The van der Waals surface area contributed by atoms with Gasteiger partial charge in [-0.25, -0.2) is 13.9 Å². The van der Waals surface area contributed by atoms with Gasteiger partial charge in [0.05, 0.1) is 6.20 Å². The predicted octanol–water partition coefficient (Wildman–Crippen LogP) is 2.20. The van der Waals surface area contributed by atoms with Crippen molar-refractivity contribution >= 4 is 11.8 Å². The van der Waals surface area contributed by atoms with Crippen LogP contribution in [0.1, 0.15) is 24.8 Å². The molecule has 1 aromatic heterocycles. The summed E-state index contributed by atoms with van der Waals surface area (Å²) in [5.41, 5.74) is 0.783. The van der Waals surface area contributed by atoms with Crippen LogP contribution in [0.2, 0.25) is 0 Å². The van der Waals surface area contributed by atoms with Crippen LogP contribution in [0.4, 0.5) is 15.0 Å². The molecule has 0 radical (unpaired) electrons. The Bertz CT molecular complexity index is 680. The monoisotopic (exact) mass is 303 g/mol. The Morgan fingerprint density at radius 1 is 1.45 bits per heavy atom. The number of benzene rings is 1. The van der Waals surface area contributed by atoms with E-state index in [0.29, 0.717) is 12.4 Å². The van der Waals surface area contributed by atoms with Crippen LogP contribution in [0.3, 0.4) is 0 Å². The minimum Gasteiger partial charge on any atom is -0.337 e. The van der Waals surface area contributed by atoms with E-state index in [1.807, 2.05) is 6.07 Å². The fourth-order valence-corrected chi connectivity index (χ4v) is 2.80. The molecule has 0 bridgehead atoms. The summed E-state index contributed by atoms with van der Waals surface area (Å²) < 4.78 is 14.9. The molecule has 2 N–H and O–H groups in total. The van der Waals surface area contributed by atoms with Gasteiger partial charge < -0.3 is 5.32 Å². The molecule has 7 heteroatoms. The first-order chi connectivity index (χ1) is 10.6. The van der Waals surface area contributed by atoms with Gasteiger partial charge in [0.15, 0.2) is 5.82 Å². The minimum atomic E-state index is -0.312. The number of amides is 2. The first kappa shape index (κ1) is 14.5. The summed E-state index contributed by atoms with van der Waals surface area (Å²) in [4.78, 5) is 12.0. The Hall–Kier alpha value is -2.44. The number of carbonyl (C=O) groups is 1. The maximum absolute atomic E-state index is 13.4. The number of urea groups is 1. The Kier molecular flexibility index (Phi) is 3.79. The summed E-state index contributed by atoms with van der Waals surface area (Å²) in [5, 5.41) is 13.0. The first-order valence-electron chi connectivity index (χ1n) is 7.25. The molecule has 1 fully saturated rings. The van der Waals surface area contributed by atoms with Gasteiger partial charge in [-0.1, -0.05) is 23.8 Å². The maximum Gasteiger partial charge on any atom is 0.320 e. The Morgan fingerprint density at radius 2 is 2.27 bits per heavy atom. The van der Waals surface area contributed by atoms with Gasteiger partial charge in [0, 0.05) is 19.0 Å². The zero-order chi connectivity index (χ0) is 15.6. The fraction of sp³-hybridized carbons (Fsp3) is 0.400. The van der Waals surface area contributed by atoms with Gasteiger partial charge in [0.1, 0.15) is 5.82 Å². The van der Waals surface area contributed by atoms with Crippen molar-refractivity contribution < 1.29 is 9.18 Å². The van der Waals surface area contributed by atoms with Crippen LogP contribution in [0.25, 0.3) is 0 Å². The van der Waals surface area contributed by atoms with Crippen LogP contribution in [-0.2, 0) is 12.5 Å². The highest BCUT2D eigenvalue weighted by atomic mass is 19.1. The molecule has 1 saturated carbocycles. The second kappa shape index (κ2) is 5.75. The predicted molar refractivity (Wildman–Crippen MR) is 80.0 cm³/mol. The van der Waals surface area contributed by atoms with Crippen molar-refractivity contribution in [1.29, 1.82) is 0 Å². The lowest BCUT2D eigenvalue weighted by atomic mass is 9.64. The topological polar surface area (TPSA) is 71.8 Å². The van der Waals surface area contributed by atoms with Gasteiger partial charge in [-0.05, 0) is 30.5 Å². The molecule has 0 atom stereocenters. The molecule has 1 aliphatic rings. The third kappa shape index (κ3) is 2.79. The molecule has 1 heterocycles. The molecule has 0 unspecified atom stereocenters. The highest BCUT2D eigenvalue weighted by Gasteiger charge is 2.39. The van der Waals surface area contributed by atoms with E-state index in [1.54, 1.807) is 19.2 Å². The van der Waals surface area contributed by atoms with Crippen molar-refractivity contribution in [2.75, 3.05) is 11.9 Å². The Balaban J connectivity index is 1.64. The molecule has 3 rings (SSSR count). The maximum atomic E-state index is 13.4. The molecule has 0 saturated heterocycles. The second-order valence-corrected chi connectivity index (χ2v) is 5.69. The summed E-state index contributed by atoms with van der Waals surface area (Å²) in [7, 11) is 1.70. The first-order valence-corrected chi connectivity index (χ1v) is 7.25.